The summed E-state index contributed by atoms with van der Waals surface area (Å²) in [6.45, 7) is 4.43. The predicted octanol–water partition coefficient (Wildman–Crippen LogP) is 4.22. The lowest BCUT2D eigenvalue weighted by atomic mass is 10.1. The van der Waals surface area contributed by atoms with Crippen LogP contribution in [0.25, 0.3) is 0 Å². The van der Waals surface area contributed by atoms with E-state index in [1.807, 2.05) is 38.1 Å². The summed E-state index contributed by atoms with van der Waals surface area (Å²) in [6, 6.07) is 7.73. The van der Waals surface area contributed by atoms with Gasteiger partial charge in [-0.05, 0) is 31.0 Å². The average molecular weight is 325 g/mol. The molecule has 1 aromatic heterocycles. The molecule has 23 heavy (non-hydrogen) atoms. The first-order valence-electron chi connectivity index (χ1n) is 7.25. The lowest BCUT2D eigenvalue weighted by Gasteiger charge is -2.22. The number of aryl methyl sites for hydroxylation is 1. The first-order chi connectivity index (χ1) is 10.9. The smallest absolute Gasteiger partial charge is 0.423 e. The van der Waals surface area contributed by atoms with Crippen molar-refractivity contribution < 1.29 is 17.9 Å². The Bertz CT molecular complexity index is 674. The van der Waals surface area contributed by atoms with Gasteiger partial charge in [0.05, 0.1) is 7.11 Å². The minimum Gasteiger partial charge on any atom is -0.480 e. The van der Waals surface area contributed by atoms with Crippen LogP contribution in [0.3, 0.4) is 0 Å². The Balaban J connectivity index is 2.45. The highest BCUT2D eigenvalue weighted by Crippen LogP contribution is 2.36. The Hall–Kier alpha value is -2.31. The van der Waals surface area contributed by atoms with Gasteiger partial charge in [-0.2, -0.15) is 18.2 Å². The summed E-state index contributed by atoms with van der Waals surface area (Å²) in [5.74, 6) is -0.307. The molecular formula is C16H18F3N3O. The molecule has 0 atom stereocenters. The molecule has 0 bridgehead atoms. The van der Waals surface area contributed by atoms with Crippen LogP contribution < -0.4 is 9.64 Å². The fraction of sp³-hybridized carbons (Fsp3) is 0.375. The monoisotopic (exact) mass is 325 g/mol. The molecule has 0 aliphatic heterocycles. The number of alkyl halides is 3. The molecule has 2 rings (SSSR count). The second kappa shape index (κ2) is 6.85. The average Bonchev–Trinajstić information content (AvgIpc) is 2.54. The van der Waals surface area contributed by atoms with Crippen molar-refractivity contribution in [3.8, 4) is 5.88 Å². The molecule has 0 amide bonds. The van der Waals surface area contributed by atoms with Crippen LogP contribution in [-0.2, 0) is 12.6 Å². The molecule has 0 radical (unpaired) electrons. The Morgan fingerprint density at radius 3 is 2.52 bits per heavy atom. The number of rotatable bonds is 5. The van der Waals surface area contributed by atoms with Crippen LogP contribution in [0.15, 0.2) is 30.5 Å². The predicted molar refractivity (Wildman–Crippen MR) is 82.1 cm³/mol. The molecule has 124 valence electrons. The van der Waals surface area contributed by atoms with Gasteiger partial charge in [-0.15, -0.1) is 0 Å². The van der Waals surface area contributed by atoms with Crippen molar-refractivity contribution in [3.63, 3.8) is 0 Å². The first-order valence-corrected chi connectivity index (χ1v) is 7.25. The van der Waals surface area contributed by atoms with E-state index in [9.17, 15) is 13.2 Å². The van der Waals surface area contributed by atoms with Crippen molar-refractivity contribution in [2.75, 3.05) is 18.6 Å². The number of hydrogen-bond acceptors (Lipinski definition) is 4. The minimum absolute atomic E-state index is 0.172. The third-order valence-electron chi connectivity index (χ3n) is 3.43. The standard InChI is InChI=1S/C16H18F3N3O/c1-4-11-7-6-8-12(9-11)22(5-2)15-20-10-13(16(17,18)19)14(21-15)23-3/h6-10H,4-5H2,1-3H3. The summed E-state index contributed by atoms with van der Waals surface area (Å²) < 4.78 is 43.5. The fourth-order valence-corrected chi connectivity index (χ4v) is 2.22. The van der Waals surface area contributed by atoms with Crippen LogP contribution in [0.2, 0.25) is 0 Å². The van der Waals surface area contributed by atoms with Crippen molar-refractivity contribution in [1.82, 2.24) is 9.97 Å². The van der Waals surface area contributed by atoms with E-state index in [4.69, 9.17) is 4.74 Å². The Morgan fingerprint density at radius 2 is 1.96 bits per heavy atom. The summed E-state index contributed by atoms with van der Waals surface area (Å²) in [7, 11) is 1.16. The molecule has 1 aromatic carbocycles. The third kappa shape index (κ3) is 3.72. The first kappa shape index (κ1) is 17.1. The summed E-state index contributed by atoms with van der Waals surface area (Å²) in [4.78, 5) is 9.54. The van der Waals surface area contributed by atoms with Crippen LogP contribution in [0.4, 0.5) is 24.8 Å². The quantitative estimate of drug-likeness (QED) is 0.825. The second-order valence-electron chi connectivity index (χ2n) is 4.86. The van der Waals surface area contributed by atoms with Gasteiger partial charge in [0.1, 0.15) is 5.56 Å². The van der Waals surface area contributed by atoms with Crippen LogP contribution in [0, 0.1) is 0 Å². The fourth-order valence-electron chi connectivity index (χ4n) is 2.22. The van der Waals surface area contributed by atoms with E-state index in [0.29, 0.717) is 6.54 Å². The van der Waals surface area contributed by atoms with Gasteiger partial charge in [0.25, 0.3) is 0 Å². The number of methoxy groups -OCH3 is 1. The lowest BCUT2D eigenvalue weighted by molar-refractivity contribution is -0.139. The molecule has 0 saturated heterocycles. The van der Waals surface area contributed by atoms with E-state index in [-0.39, 0.29) is 5.95 Å². The zero-order valence-electron chi connectivity index (χ0n) is 13.2. The number of benzene rings is 1. The number of nitrogens with zero attached hydrogens (tertiary/aromatic N) is 3. The van der Waals surface area contributed by atoms with Crippen molar-refractivity contribution in [2.45, 2.75) is 26.4 Å². The second-order valence-corrected chi connectivity index (χ2v) is 4.86. The molecule has 2 aromatic rings. The number of ether oxygens (including phenoxy) is 1. The molecule has 4 nitrogen and oxygen atoms in total. The van der Waals surface area contributed by atoms with Crippen molar-refractivity contribution in [1.29, 1.82) is 0 Å². The van der Waals surface area contributed by atoms with Gasteiger partial charge in [0, 0.05) is 18.4 Å². The van der Waals surface area contributed by atoms with E-state index >= 15 is 0 Å². The maximum Gasteiger partial charge on any atom is 0.423 e. The van der Waals surface area contributed by atoms with Gasteiger partial charge < -0.3 is 9.64 Å². The van der Waals surface area contributed by atoms with E-state index < -0.39 is 17.6 Å². The van der Waals surface area contributed by atoms with Crippen LogP contribution in [0.5, 0.6) is 5.88 Å². The van der Waals surface area contributed by atoms with E-state index in [1.165, 1.54) is 0 Å². The lowest BCUT2D eigenvalue weighted by Crippen LogP contribution is -2.20. The molecule has 0 saturated carbocycles. The molecule has 0 N–H and O–H groups in total. The number of halogens is 3. The number of hydrogen-bond donors (Lipinski definition) is 0. The van der Waals surface area contributed by atoms with Crippen molar-refractivity contribution in [2.24, 2.45) is 0 Å². The molecule has 0 fully saturated rings. The topological polar surface area (TPSA) is 38.2 Å². The van der Waals surface area contributed by atoms with E-state index in [1.54, 1.807) is 4.90 Å². The van der Waals surface area contributed by atoms with Gasteiger partial charge in [-0.1, -0.05) is 19.1 Å². The largest absolute Gasteiger partial charge is 0.480 e. The highest BCUT2D eigenvalue weighted by molar-refractivity contribution is 5.58. The van der Waals surface area contributed by atoms with Gasteiger partial charge in [0.15, 0.2) is 0 Å². The summed E-state index contributed by atoms with van der Waals surface area (Å²) in [6.07, 6.45) is -2.93. The molecule has 0 unspecified atom stereocenters. The third-order valence-corrected chi connectivity index (χ3v) is 3.43. The highest BCUT2D eigenvalue weighted by atomic mass is 19.4. The normalized spacial score (nSPS) is 11.4. The summed E-state index contributed by atoms with van der Waals surface area (Å²) in [5, 5.41) is 0. The zero-order chi connectivity index (χ0) is 17.0. The SMILES string of the molecule is CCc1cccc(N(CC)c2ncc(C(F)(F)F)c(OC)n2)c1. The molecule has 7 heteroatoms. The van der Waals surface area contributed by atoms with Crippen LogP contribution in [-0.4, -0.2) is 23.6 Å². The molecule has 0 spiro atoms. The molecular weight excluding hydrogens is 307 g/mol. The number of aromatic nitrogens is 2. The Morgan fingerprint density at radius 1 is 1.22 bits per heavy atom. The summed E-state index contributed by atoms with van der Waals surface area (Å²) >= 11 is 0. The summed E-state index contributed by atoms with van der Waals surface area (Å²) in [5.41, 5.74) is 0.968. The highest BCUT2D eigenvalue weighted by Gasteiger charge is 2.36. The van der Waals surface area contributed by atoms with Crippen molar-refractivity contribution >= 4 is 11.6 Å². The van der Waals surface area contributed by atoms with Gasteiger partial charge in [0.2, 0.25) is 11.8 Å². The van der Waals surface area contributed by atoms with E-state index in [0.717, 1.165) is 31.0 Å². The van der Waals surface area contributed by atoms with Crippen LogP contribution in [0.1, 0.15) is 25.0 Å². The van der Waals surface area contributed by atoms with Gasteiger partial charge in [-0.25, -0.2) is 4.98 Å². The minimum atomic E-state index is -4.55. The maximum atomic E-state index is 12.9. The Kier molecular flexibility index (Phi) is 5.08. The molecule has 0 aliphatic rings. The van der Waals surface area contributed by atoms with Crippen molar-refractivity contribution in [3.05, 3.63) is 41.6 Å². The van der Waals surface area contributed by atoms with E-state index in [2.05, 4.69) is 9.97 Å². The van der Waals surface area contributed by atoms with Gasteiger partial charge in [-0.3, -0.25) is 0 Å². The maximum absolute atomic E-state index is 12.9. The molecule has 0 aliphatic carbocycles. The Labute approximate surface area is 132 Å². The van der Waals surface area contributed by atoms with Crippen LogP contribution >= 0.6 is 0 Å². The zero-order valence-corrected chi connectivity index (χ0v) is 13.2. The number of anilines is 2. The molecule has 1 heterocycles. The van der Waals surface area contributed by atoms with Gasteiger partial charge >= 0.3 is 6.18 Å².